The molecule has 5 heteroatoms. The number of hydrogen-bond donors (Lipinski definition) is 0. The van der Waals surface area contributed by atoms with E-state index in [-0.39, 0.29) is 0 Å². The summed E-state index contributed by atoms with van der Waals surface area (Å²) in [7, 11) is -3.47. The Morgan fingerprint density at radius 2 is 1.48 bits per heavy atom. The van der Waals surface area contributed by atoms with Crippen molar-refractivity contribution in [3.05, 3.63) is 78.4 Å². The topological polar surface area (TPSA) is 40.6 Å². The summed E-state index contributed by atoms with van der Waals surface area (Å²) in [5, 5.41) is 2.01. The van der Waals surface area contributed by atoms with Gasteiger partial charge in [-0.3, -0.25) is 4.90 Å². The fourth-order valence-corrected chi connectivity index (χ4v) is 5.17. The van der Waals surface area contributed by atoms with Crippen LogP contribution in [0, 0.1) is 0 Å². The highest BCUT2D eigenvalue weighted by atomic mass is 32.2. The van der Waals surface area contributed by atoms with E-state index in [0.717, 1.165) is 36.8 Å². The minimum Gasteiger partial charge on any atom is -0.298 e. The van der Waals surface area contributed by atoms with E-state index in [0.29, 0.717) is 18.0 Å². The summed E-state index contributed by atoms with van der Waals surface area (Å²) in [5.74, 6) is 0. The SMILES string of the molecule is O=S(=O)(c1ccc2ccccc2c1)N1CCCN(Cc2ccccc2)CC1. The van der Waals surface area contributed by atoms with Gasteiger partial charge in [-0.15, -0.1) is 0 Å². The molecule has 3 aromatic rings. The summed E-state index contributed by atoms with van der Waals surface area (Å²) < 4.78 is 28.0. The molecule has 0 amide bonds. The molecule has 0 spiro atoms. The van der Waals surface area contributed by atoms with Gasteiger partial charge in [0, 0.05) is 26.2 Å². The zero-order valence-corrected chi connectivity index (χ0v) is 16.1. The molecule has 4 rings (SSSR count). The van der Waals surface area contributed by atoms with Crippen LogP contribution in [0.1, 0.15) is 12.0 Å². The van der Waals surface area contributed by atoms with Crippen LogP contribution in [0.5, 0.6) is 0 Å². The van der Waals surface area contributed by atoms with Gasteiger partial charge in [0.05, 0.1) is 4.90 Å². The van der Waals surface area contributed by atoms with Crippen molar-refractivity contribution in [1.82, 2.24) is 9.21 Å². The number of sulfonamides is 1. The standard InChI is InChI=1S/C22H24N2O2S/c25-27(26,22-12-11-20-9-4-5-10-21(20)17-22)24-14-6-13-23(15-16-24)18-19-7-2-1-3-8-19/h1-5,7-12,17H,6,13-16,18H2. The van der Waals surface area contributed by atoms with Crippen molar-refractivity contribution in [2.75, 3.05) is 26.2 Å². The molecule has 0 aliphatic carbocycles. The quantitative estimate of drug-likeness (QED) is 0.692. The highest BCUT2D eigenvalue weighted by molar-refractivity contribution is 7.89. The maximum atomic E-state index is 13.2. The first kappa shape index (κ1) is 18.2. The van der Waals surface area contributed by atoms with Crippen LogP contribution in [-0.2, 0) is 16.6 Å². The first-order valence-corrected chi connectivity index (χ1v) is 10.8. The lowest BCUT2D eigenvalue weighted by Gasteiger charge is -2.22. The normalized spacial score (nSPS) is 17.0. The van der Waals surface area contributed by atoms with Crippen LogP contribution in [0.3, 0.4) is 0 Å². The molecule has 0 bridgehead atoms. The molecule has 0 radical (unpaired) electrons. The van der Waals surface area contributed by atoms with Crippen LogP contribution in [-0.4, -0.2) is 43.8 Å². The van der Waals surface area contributed by atoms with Crippen LogP contribution in [0.25, 0.3) is 10.8 Å². The van der Waals surface area contributed by atoms with E-state index < -0.39 is 10.0 Å². The Labute approximate surface area is 161 Å². The molecule has 4 nitrogen and oxygen atoms in total. The fourth-order valence-electron chi connectivity index (χ4n) is 3.66. The maximum Gasteiger partial charge on any atom is 0.243 e. The molecule has 1 aliphatic rings. The lowest BCUT2D eigenvalue weighted by Crippen LogP contribution is -2.35. The minimum atomic E-state index is -3.47. The first-order valence-electron chi connectivity index (χ1n) is 9.38. The second-order valence-corrected chi connectivity index (χ2v) is 8.97. The smallest absolute Gasteiger partial charge is 0.243 e. The summed E-state index contributed by atoms with van der Waals surface area (Å²) in [6.07, 6.45) is 0.847. The average Bonchev–Trinajstić information content (AvgIpc) is 2.94. The highest BCUT2D eigenvalue weighted by Gasteiger charge is 2.27. The van der Waals surface area contributed by atoms with E-state index in [2.05, 4.69) is 17.0 Å². The summed E-state index contributed by atoms with van der Waals surface area (Å²) in [5.41, 5.74) is 1.27. The third kappa shape index (κ3) is 4.05. The van der Waals surface area contributed by atoms with E-state index in [1.54, 1.807) is 16.4 Å². The minimum absolute atomic E-state index is 0.387. The fraction of sp³-hybridized carbons (Fsp3) is 0.273. The first-order chi connectivity index (χ1) is 13.1. The lowest BCUT2D eigenvalue weighted by molar-refractivity contribution is 0.278. The maximum absolute atomic E-state index is 13.2. The summed E-state index contributed by atoms with van der Waals surface area (Å²) in [4.78, 5) is 2.73. The van der Waals surface area contributed by atoms with Crippen LogP contribution >= 0.6 is 0 Å². The van der Waals surface area contributed by atoms with E-state index in [1.165, 1.54) is 5.56 Å². The monoisotopic (exact) mass is 380 g/mol. The number of benzene rings is 3. The van der Waals surface area contributed by atoms with Crippen LogP contribution in [0.15, 0.2) is 77.7 Å². The summed E-state index contributed by atoms with van der Waals surface area (Å²) in [6, 6.07) is 23.6. The summed E-state index contributed by atoms with van der Waals surface area (Å²) >= 11 is 0. The molecule has 27 heavy (non-hydrogen) atoms. The van der Waals surface area contributed by atoms with Gasteiger partial charge in [0.2, 0.25) is 10.0 Å². The molecule has 0 saturated carbocycles. The van der Waals surface area contributed by atoms with Gasteiger partial charge < -0.3 is 0 Å². The van der Waals surface area contributed by atoms with Gasteiger partial charge in [0.1, 0.15) is 0 Å². The molecule has 1 heterocycles. The van der Waals surface area contributed by atoms with Crippen molar-refractivity contribution in [2.45, 2.75) is 17.9 Å². The largest absolute Gasteiger partial charge is 0.298 e. The second kappa shape index (κ2) is 7.80. The molecule has 0 aromatic heterocycles. The number of fused-ring (bicyclic) bond motifs is 1. The van der Waals surface area contributed by atoms with E-state index in [1.807, 2.05) is 48.5 Å². The Morgan fingerprint density at radius 1 is 0.741 bits per heavy atom. The van der Waals surface area contributed by atoms with Gasteiger partial charge in [0.25, 0.3) is 0 Å². The van der Waals surface area contributed by atoms with Gasteiger partial charge in [-0.1, -0.05) is 60.7 Å². The second-order valence-electron chi connectivity index (χ2n) is 7.03. The third-order valence-corrected chi connectivity index (χ3v) is 7.05. The zero-order valence-electron chi connectivity index (χ0n) is 15.3. The van der Waals surface area contributed by atoms with Crippen molar-refractivity contribution in [2.24, 2.45) is 0 Å². The number of nitrogens with zero attached hydrogens (tertiary/aromatic N) is 2. The Kier molecular flexibility index (Phi) is 5.25. The molecule has 3 aromatic carbocycles. The molecular formula is C22H24N2O2S. The molecule has 1 fully saturated rings. The number of hydrogen-bond acceptors (Lipinski definition) is 3. The molecular weight excluding hydrogens is 356 g/mol. The zero-order chi connectivity index (χ0) is 18.7. The van der Waals surface area contributed by atoms with Crippen molar-refractivity contribution < 1.29 is 8.42 Å². The lowest BCUT2D eigenvalue weighted by atomic mass is 10.1. The highest BCUT2D eigenvalue weighted by Crippen LogP contribution is 2.23. The molecule has 0 atom stereocenters. The Balaban J connectivity index is 1.50. The van der Waals surface area contributed by atoms with Gasteiger partial charge in [-0.25, -0.2) is 8.42 Å². The van der Waals surface area contributed by atoms with Crippen LogP contribution in [0.4, 0.5) is 0 Å². The molecule has 0 N–H and O–H groups in total. The molecule has 1 aliphatic heterocycles. The predicted octanol–water partition coefficient (Wildman–Crippen LogP) is 3.74. The van der Waals surface area contributed by atoms with E-state index >= 15 is 0 Å². The van der Waals surface area contributed by atoms with Crippen molar-refractivity contribution in [3.8, 4) is 0 Å². The third-order valence-electron chi connectivity index (χ3n) is 5.16. The number of rotatable bonds is 4. The van der Waals surface area contributed by atoms with Crippen LogP contribution < -0.4 is 0 Å². The van der Waals surface area contributed by atoms with Gasteiger partial charge in [-0.05, 0) is 41.4 Å². The Hall–Kier alpha value is -2.21. The average molecular weight is 381 g/mol. The van der Waals surface area contributed by atoms with Gasteiger partial charge in [0.15, 0.2) is 0 Å². The summed E-state index contributed by atoms with van der Waals surface area (Å²) in [6.45, 7) is 3.63. The Bertz CT molecular complexity index is 1020. The van der Waals surface area contributed by atoms with E-state index in [9.17, 15) is 8.42 Å². The van der Waals surface area contributed by atoms with E-state index in [4.69, 9.17) is 0 Å². The van der Waals surface area contributed by atoms with Crippen molar-refractivity contribution in [3.63, 3.8) is 0 Å². The van der Waals surface area contributed by atoms with Crippen LogP contribution in [0.2, 0.25) is 0 Å². The van der Waals surface area contributed by atoms with Crippen molar-refractivity contribution >= 4 is 20.8 Å². The Morgan fingerprint density at radius 3 is 2.30 bits per heavy atom. The predicted molar refractivity (Wildman–Crippen MR) is 109 cm³/mol. The van der Waals surface area contributed by atoms with Gasteiger partial charge in [-0.2, -0.15) is 4.31 Å². The molecule has 140 valence electrons. The molecule has 1 saturated heterocycles. The molecule has 0 unspecified atom stereocenters. The van der Waals surface area contributed by atoms with Crippen molar-refractivity contribution in [1.29, 1.82) is 0 Å². The van der Waals surface area contributed by atoms with Gasteiger partial charge >= 0.3 is 0 Å².